The van der Waals surface area contributed by atoms with Gasteiger partial charge in [0.25, 0.3) is 0 Å². The normalized spacial score (nSPS) is 14.2. The highest BCUT2D eigenvalue weighted by Gasteiger charge is 2.34. The predicted octanol–water partition coefficient (Wildman–Crippen LogP) is 3.42. The molecule has 0 amide bonds. The Bertz CT molecular complexity index is 509. The van der Waals surface area contributed by atoms with Gasteiger partial charge in [-0.15, -0.1) is 0 Å². The van der Waals surface area contributed by atoms with Gasteiger partial charge in [0.2, 0.25) is 0 Å². The van der Waals surface area contributed by atoms with Crippen LogP contribution in [-0.4, -0.2) is 31.1 Å². The van der Waals surface area contributed by atoms with Crippen molar-refractivity contribution in [3.63, 3.8) is 0 Å². The number of likely N-dealkylation sites (N-methyl/N-ethyl adjacent to an activating group) is 2. The van der Waals surface area contributed by atoms with Crippen LogP contribution >= 0.6 is 0 Å². The third kappa shape index (κ3) is 2.67. The fourth-order valence-corrected chi connectivity index (χ4v) is 2.31. The zero-order valence-corrected chi connectivity index (χ0v) is 12.5. The molecule has 3 heteroatoms. The topological polar surface area (TPSA) is 28.4 Å². The van der Waals surface area contributed by atoms with Crippen LogP contribution in [0.3, 0.4) is 0 Å². The van der Waals surface area contributed by atoms with E-state index in [1.54, 1.807) is 0 Å². The van der Waals surface area contributed by atoms with Gasteiger partial charge in [-0.3, -0.25) is 0 Å². The maximum absolute atomic E-state index is 6.03. The zero-order chi connectivity index (χ0) is 14.0. The van der Waals surface area contributed by atoms with E-state index >= 15 is 0 Å². The van der Waals surface area contributed by atoms with E-state index in [4.69, 9.17) is 4.42 Å². The molecule has 2 rings (SSSR count). The summed E-state index contributed by atoms with van der Waals surface area (Å²) in [5.74, 6) is 1.00. The molecule has 1 heterocycles. The summed E-state index contributed by atoms with van der Waals surface area (Å²) in [6.45, 7) is 7.50. The van der Waals surface area contributed by atoms with Crippen LogP contribution in [0, 0.1) is 0 Å². The van der Waals surface area contributed by atoms with Crippen LogP contribution in [0.4, 0.5) is 0 Å². The van der Waals surface area contributed by atoms with Crippen LogP contribution < -0.4 is 5.32 Å². The molecule has 104 valence electrons. The average Bonchev–Trinajstić information content (AvgIpc) is 2.78. The Morgan fingerprint density at radius 1 is 1.26 bits per heavy atom. The van der Waals surface area contributed by atoms with E-state index in [-0.39, 0.29) is 11.6 Å². The van der Waals surface area contributed by atoms with E-state index in [2.05, 4.69) is 57.2 Å². The Balaban J connectivity index is 2.43. The lowest BCUT2D eigenvalue weighted by molar-refractivity contribution is 0.127. The number of rotatable bonds is 5. The molecule has 0 bridgehead atoms. The summed E-state index contributed by atoms with van der Waals surface area (Å²) in [5.41, 5.74) is 0.930. The first kappa shape index (κ1) is 14.1. The summed E-state index contributed by atoms with van der Waals surface area (Å²) in [4.78, 5) is 2.23. The summed E-state index contributed by atoms with van der Waals surface area (Å²) in [7, 11) is 4.21. The van der Waals surface area contributed by atoms with Crippen molar-refractivity contribution in [1.29, 1.82) is 0 Å². The van der Waals surface area contributed by atoms with Crippen LogP contribution in [0.15, 0.2) is 34.7 Å². The summed E-state index contributed by atoms with van der Waals surface area (Å²) in [6.07, 6.45) is 0. The van der Waals surface area contributed by atoms with E-state index in [0.29, 0.717) is 0 Å². The van der Waals surface area contributed by atoms with Gasteiger partial charge in [0, 0.05) is 10.9 Å². The lowest BCUT2D eigenvalue weighted by atomic mass is 9.91. The average molecular weight is 260 g/mol. The van der Waals surface area contributed by atoms with Crippen LogP contribution in [0.5, 0.6) is 0 Å². The minimum absolute atomic E-state index is 0.0239. The Morgan fingerprint density at radius 2 is 1.95 bits per heavy atom. The first-order valence-corrected chi connectivity index (χ1v) is 6.86. The minimum Gasteiger partial charge on any atom is -0.459 e. The first-order valence-electron chi connectivity index (χ1n) is 6.86. The molecule has 0 saturated heterocycles. The van der Waals surface area contributed by atoms with Crippen molar-refractivity contribution >= 4 is 11.0 Å². The number of nitrogens with one attached hydrogen (secondary N) is 1. The van der Waals surface area contributed by atoms with Crippen molar-refractivity contribution in [2.24, 2.45) is 0 Å². The summed E-state index contributed by atoms with van der Waals surface area (Å²) in [5, 5.41) is 4.71. The highest BCUT2D eigenvalue weighted by Crippen LogP contribution is 2.33. The number of hydrogen-bond donors (Lipinski definition) is 1. The SMILES string of the molecule is CCNC(c1cc2ccccc2o1)C(C)(C)N(C)C. The van der Waals surface area contributed by atoms with Crippen LogP contribution in [-0.2, 0) is 0 Å². The van der Waals surface area contributed by atoms with E-state index in [1.807, 2.05) is 18.2 Å². The van der Waals surface area contributed by atoms with Gasteiger partial charge in [-0.05, 0) is 46.6 Å². The third-order valence-electron chi connectivity index (χ3n) is 4.00. The molecule has 1 N–H and O–H groups in total. The molecule has 1 aromatic carbocycles. The lowest BCUT2D eigenvalue weighted by Crippen LogP contribution is -2.49. The fraction of sp³-hybridized carbons (Fsp3) is 0.500. The Morgan fingerprint density at radius 3 is 2.53 bits per heavy atom. The van der Waals surface area contributed by atoms with Crippen molar-refractivity contribution in [3.8, 4) is 0 Å². The maximum atomic E-state index is 6.03. The second kappa shape index (κ2) is 5.35. The molecule has 0 spiro atoms. The minimum atomic E-state index is -0.0239. The van der Waals surface area contributed by atoms with Crippen LogP contribution in [0.2, 0.25) is 0 Å². The Hall–Kier alpha value is -1.32. The largest absolute Gasteiger partial charge is 0.459 e. The highest BCUT2D eigenvalue weighted by molar-refractivity contribution is 5.77. The van der Waals surface area contributed by atoms with Gasteiger partial charge in [-0.1, -0.05) is 25.1 Å². The van der Waals surface area contributed by atoms with E-state index in [1.165, 1.54) is 0 Å². The molecule has 0 aliphatic heterocycles. The Kier molecular flexibility index (Phi) is 3.97. The van der Waals surface area contributed by atoms with Gasteiger partial charge in [0.1, 0.15) is 11.3 Å². The van der Waals surface area contributed by atoms with Gasteiger partial charge in [-0.25, -0.2) is 0 Å². The molecule has 1 unspecified atom stereocenters. The van der Waals surface area contributed by atoms with Crippen molar-refractivity contribution in [1.82, 2.24) is 10.2 Å². The molecule has 2 aromatic rings. The number of fused-ring (bicyclic) bond motifs is 1. The number of para-hydroxylation sites is 1. The standard InChI is InChI=1S/C16H24N2O/c1-6-17-15(16(2,3)18(4)5)14-11-12-9-7-8-10-13(12)19-14/h7-11,15,17H,6H2,1-5H3. The summed E-state index contributed by atoms with van der Waals surface area (Å²) < 4.78 is 6.03. The van der Waals surface area contributed by atoms with Gasteiger partial charge in [-0.2, -0.15) is 0 Å². The number of hydrogen-bond acceptors (Lipinski definition) is 3. The monoisotopic (exact) mass is 260 g/mol. The second-order valence-corrected chi connectivity index (χ2v) is 5.73. The molecule has 0 radical (unpaired) electrons. The predicted molar refractivity (Wildman–Crippen MR) is 80.4 cm³/mol. The smallest absolute Gasteiger partial charge is 0.134 e. The maximum Gasteiger partial charge on any atom is 0.134 e. The van der Waals surface area contributed by atoms with E-state index in [0.717, 1.165) is 23.3 Å². The van der Waals surface area contributed by atoms with Gasteiger partial charge in [0.05, 0.1) is 6.04 Å². The number of furan rings is 1. The van der Waals surface area contributed by atoms with Crippen molar-refractivity contribution in [2.75, 3.05) is 20.6 Å². The number of benzene rings is 1. The van der Waals surface area contributed by atoms with Crippen molar-refractivity contribution in [2.45, 2.75) is 32.4 Å². The quantitative estimate of drug-likeness (QED) is 0.893. The molecule has 0 aliphatic carbocycles. The van der Waals surface area contributed by atoms with Crippen LogP contribution in [0.1, 0.15) is 32.6 Å². The van der Waals surface area contributed by atoms with E-state index in [9.17, 15) is 0 Å². The van der Waals surface area contributed by atoms with Gasteiger partial charge < -0.3 is 14.6 Å². The van der Waals surface area contributed by atoms with Gasteiger partial charge in [0.15, 0.2) is 0 Å². The molecular formula is C16H24N2O. The third-order valence-corrected chi connectivity index (χ3v) is 4.00. The number of nitrogens with zero attached hydrogens (tertiary/aromatic N) is 1. The summed E-state index contributed by atoms with van der Waals surface area (Å²) >= 11 is 0. The fourth-order valence-electron chi connectivity index (χ4n) is 2.31. The lowest BCUT2D eigenvalue weighted by Gasteiger charge is -2.39. The van der Waals surface area contributed by atoms with Gasteiger partial charge >= 0.3 is 0 Å². The van der Waals surface area contributed by atoms with Crippen molar-refractivity contribution < 1.29 is 4.42 Å². The molecule has 1 atom stereocenters. The molecular weight excluding hydrogens is 236 g/mol. The summed E-state index contributed by atoms with van der Waals surface area (Å²) in [6, 6.07) is 10.5. The van der Waals surface area contributed by atoms with Crippen molar-refractivity contribution in [3.05, 3.63) is 36.1 Å². The first-order chi connectivity index (χ1) is 8.96. The van der Waals surface area contributed by atoms with Crippen LogP contribution in [0.25, 0.3) is 11.0 Å². The molecule has 0 aliphatic rings. The molecule has 19 heavy (non-hydrogen) atoms. The molecule has 0 fully saturated rings. The molecule has 1 aromatic heterocycles. The highest BCUT2D eigenvalue weighted by atomic mass is 16.3. The molecule has 3 nitrogen and oxygen atoms in total. The van der Waals surface area contributed by atoms with E-state index < -0.39 is 0 Å². The Labute approximate surface area is 115 Å². The molecule has 0 saturated carbocycles. The zero-order valence-electron chi connectivity index (χ0n) is 12.5. The second-order valence-electron chi connectivity index (χ2n) is 5.73.